The van der Waals surface area contributed by atoms with Gasteiger partial charge in [0.15, 0.2) is 0 Å². The fourth-order valence-electron chi connectivity index (χ4n) is 1.90. The lowest BCUT2D eigenvalue weighted by Crippen LogP contribution is -2.38. The Labute approximate surface area is 107 Å². The third-order valence-corrected chi connectivity index (χ3v) is 3.30. The second-order valence-electron chi connectivity index (χ2n) is 4.00. The van der Waals surface area contributed by atoms with Crippen molar-refractivity contribution in [1.82, 2.24) is 4.98 Å². The zero-order chi connectivity index (χ0) is 12.4. The molecule has 92 valence electrons. The first-order valence-electron chi connectivity index (χ1n) is 5.31. The molecule has 1 aliphatic heterocycles. The smallest absolute Gasteiger partial charge is 0.288 e. The summed E-state index contributed by atoms with van der Waals surface area (Å²) in [6.07, 6.45) is 2.57. The molecule has 2 rings (SSSR count). The summed E-state index contributed by atoms with van der Waals surface area (Å²) in [5, 5.41) is 20.2. The van der Waals surface area contributed by atoms with Crippen molar-refractivity contribution in [3.05, 3.63) is 26.9 Å². The Balaban J connectivity index is 2.23. The number of anilines is 1. The van der Waals surface area contributed by atoms with E-state index in [0.29, 0.717) is 16.8 Å². The van der Waals surface area contributed by atoms with Crippen LogP contribution in [-0.2, 0) is 0 Å². The van der Waals surface area contributed by atoms with Crippen LogP contribution in [0.1, 0.15) is 12.8 Å². The van der Waals surface area contributed by atoms with Crippen molar-refractivity contribution in [2.45, 2.75) is 18.9 Å². The highest BCUT2D eigenvalue weighted by atomic mass is 79.9. The maximum absolute atomic E-state index is 10.6. The predicted octanol–water partition coefficient (Wildman–Crippen LogP) is 1.71. The van der Waals surface area contributed by atoms with E-state index in [9.17, 15) is 15.2 Å². The minimum atomic E-state index is -0.480. The molecular weight excluding hydrogens is 290 g/mol. The molecule has 1 saturated heterocycles. The lowest BCUT2D eigenvalue weighted by Gasteiger charge is -2.31. The monoisotopic (exact) mass is 301 g/mol. The summed E-state index contributed by atoms with van der Waals surface area (Å²) in [5.41, 5.74) is -0.0433. The number of aromatic nitrogens is 1. The van der Waals surface area contributed by atoms with E-state index in [1.165, 1.54) is 12.3 Å². The molecule has 0 saturated carbocycles. The van der Waals surface area contributed by atoms with Gasteiger partial charge >= 0.3 is 0 Å². The van der Waals surface area contributed by atoms with Crippen LogP contribution in [0.25, 0.3) is 0 Å². The Hall–Kier alpha value is -1.21. The van der Waals surface area contributed by atoms with Gasteiger partial charge in [0.05, 0.1) is 15.5 Å². The van der Waals surface area contributed by atoms with Crippen LogP contribution in [0.3, 0.4) is 0 Å². The lowest BCUT2D eigenvalue weighted by atomic mass is 10.1. The van der Waals surface area contributed by atoms with E-state index < -0.39 is 4.92 Å². The summed E-state index contributed by atoms with van der Waals surface area (Å²) in [5.74, 6) is 0.648. The van der Waals surface area contributed by atoms with Crippen molar-refractivity contribution in [3.63, 3.8) is 0 Å². The van der Waals surface area contributed by atoms with Gasteiger partial charge in [0, 0.05) is 19.2 Å². The molecule has 7 heteroatoms. The average molecular weight is 302 g/mol. The molecule has 6 nitrogen and oxygen atoms in total. The van der Waals surface area contributed by atoms with Crippen LogP contribution in [0, 0.1) is 10.1 Å². The van der Waals surface area contributed by atoms with Gasteiger partial charge in [-0.3, -0.25) is 10.1 Å². The minimum Gasteiger partial charge on any atom is -0.391 e. The van der Waals surface area contributed by atoms with Crippen molar-refractivity contribution in [3.8, 4) is 0 Å². The Kier molecular flexibility index (Phi) is 3.58. The van der Waals surface area contributed by atoms with Gasteiger partial charge in [-0.15, -0.1) is 0 Å². The van der Waals surface area contributed by atoms with Crippen molar-refractivity contribution >= 4 is 27.4 Å². The highest BCUT2D eigenvalue weighted by Crippen LogP contribution is 2.29. The van der Waals surface area contributed by atoms with Crippen molar-refractivity contribution in [2.24, 2.45) is 0 Å². The fourth-order valence-corrected chi connectivity index (χ4v) is 2.49. The molecule has 0 amide bonds. The van der Waals surface area contributed by atoms with Crippen molar-refractivity contribution in [2.75, 3.05) is 18.0 Å². The van der Waals surface area contributed by atoms with Crippen molar-refractivity contribution in [1.29, 1.82) is 0 Å². The zero-order valence-electron chi connectivity index (χ0n) is 9.04. The van der Waals surface area contributed by atoms with Crippen LogP contribution in [-0.4, -0.2) is 34.2 Å². The van der Waals surface area contributed by atoms with E-state index in [4.69, 9.17) is 0 Å². The Morgan fingerprint density at radius 3 is 3.00 bits per heavy atom. The Morgan fingerprint density at radius 1 is 1.65 bits per heavy atom. The van der Waals surface area contributed by atoms with E-state index in [0.717, 1.165) is 19.4 Å². The number of aliphatic hydroxyl groups excluding tert-OH is 1. The lowest BCUT2D eigenvalue weighted by molar-refractivity contribution is -0.385. The van der Waals surface area contributed by atoms with E-state index in [2.05, 4.69) is 20.9 Å². The van der Waals surface area contributed by atoms with E-state index in [-0.39, 0.29) is 11.8 Å². The third-order valence-electron chi connectivity index (χ3n) is 2.71. The summed E-state index contributed by atoms with van der Waals surface area (Å²) >= 11 is 3.28. The number of pyridine rings is 1. The maximum Gasteiger partial charge on any atom is 0.288 e. The Bertz CT molecular complexity index is 441. The highest BCUT2D eigenvalue weighted by Gasteiger charge is 2.21. The molecule has 0 spiro atoms. The summed E-state index contributed by atoms with van der Waals surface area (Å²) in [4.78, 5) is 16.1. The van der Waals surface area contributed by atoms with Crippen LogP contribution in [0.5, 0.6) is 0 Å². The molecule has 2 heterocycles. The molecule has 1 aliphatic rings. The van der Waals surface area contributed by atoms with Crippen LogP contribution in [0.15, 0.2) is 16.7 Å². The van der Waals surface area contributed by atoms with Gasteiger partial charge in [0.25, 0.3) is 5.69 Å². The normalized spacial score (nSPS) is 20.4. The minimum absolute atomic E-state index is 0.0433. The molecule has 0 radical (unpaired) electrons. The number of nitrogens with zero attached hydrogens (tertiary/aromatic N) is 3. The molecule has 1 atom stereocenters. The quantitative estimate of drug-likeness (QED) is 0.664. The number of halogens is 1. The number of hydrogen-bond acceptors (Lipinski definition) is 5. The first-order chi connectivity index (χ1) is 8.08. The number of piperidine rings is 1. The molecule has 1 N–H and O–H groups in total. The van der Waals surface area contributed by atoms with E-state index in [1.54, 1.807) is 0 Å². The molecular formula is C10H12BrN3O3. The average Bonchev–Trinajstić information content (AvgIpc) is 2.28. The molecule has 0 aliphatic carbocycles. The maximum atomic E-state index is 10.6. The number of hydrogen-bond donors (Lipinski definition) is 1. The van der Waals surface area contributed by atoms with Crippen LogP contribution in [0.4, 0.5) is 11.5 Å². The topological polar surface area (TPSA) is 79.5 Å². The van der Waals surface area contributed by atoms with Gasteiger partial charge in [0.2, 0.25) is 0 Å². The van der Waals surface area contributed by atoms with Crippen LogP contribution >= 0.6 is 15.9 Å². The van der Waals surface area contributed by atoms with Gasteiger partial charge in [0.1, 0.15) is 12.0 Å². The number of nitro groups is 1. The summed E-state index contributed by atoms with van der Waals surface area (Å²) in [6.45, 7) is 1.32. The SMILES string of the molecule is O=[N+]([O-])c1cnc(N2CCCC(O)C2)c(Br)c1. The first-order valence-corrected chi connectivity index (χ1v) is 6.10. The molecule has 1 fully saturated rings. The van der Waals surface area contributed by atoms with E-state index >= 15 is 0 Å². The second kappa shape index (κ2) is 4.97. The number of β-amino-alcohol motifs (C(OH)–C–C–N with tert-alkyl or cyclic N) is 1. The van der Waals surface area contributed by atoms with Crippen LogP contribution < -0.4 is 4.90 Å². The van der Waals surface area contributed by atoms with Gasteiger partial charge in [-0.1, -0.05) is 0 Å². The van der Waals surface area contributed by atoms with Gasteiger partial charge in [-0.25, -0.2) is 4.98 Å². The highest BCUT2D eigenvalue weighted by molar-refractivity contribution is 9.10. The second-order valence-corrected chi connectivity index (χ2v) is 4.85. The van der Waals surface area contributed by atoms with Crippen LogP contribution in [0.2, 0.25) is 0 Å². The molecule has 1 aromatic heterocycles. The number of rotatable bonds is 2. The molecule has 1 aromatic rings. The van der Waals surface area contributed by atoms with Gasteiger partial charge in [-0.05, 0) is 28.8 Å². The van der Waals surface area contributed by atoms with E-state index in [1.807, 2.05) is 4.90 Å². The summed E-state index contributed by atoms with van der Waals surface area (Å²) in [7, 11) is 0. The van der Waals surface area contributed by atoms with Gasteiger partial charge in [-0.2, -0.15) is 0 Å². The van der Waals surface area contributed by atoms with Crippen molar-refractivity contribution < 1.29 is 10.0 Å². The molecule has 1 unspecified atom stereocenters. The fraction of sp³-hybridized carbons (Fsp3) is 0.500. The molecule has 0 aromatic carbocycles. The third kappa shape index (κ3) is 2.73. The predicted molar refractivity (Wildman–Crippen MR) is 66.0 cm³/mol. The summed E-state index contributed by atoms with van der Waals surface area (Å²) in [6, 6.07) is 1.43. The standard InChI is InChI=1S/C10H12BrN3O3/c11-9-4-7(14(16)17)5-12-10(9)13-3-1-2-8(15)6-13/h4-5,8,15H,1-3,6H2. The molecule has 17 heavy (non-hydrogen) atoms. The largest absolute Gasteiger partial charge is 0.391 e. The molecule has 0 bridgehead atoms. The first kappa shape index (κ1) is 12.3. The number of aliphatic hydroxyl groups is 1. The zero-order valence-corrected chi connectivity index (χ0v) is 10.6. The summed E-state index contributed by atoms with van der Waals surface area (Å²) < 4.78 is 0.584. The Morgan fingerprint density at radius 2 is 2.41 bits per heavy atom. The van der Waals surface area contributed by atoms with Gasteiger partial charge < -0.3 is 10.0 Å².